The van der Waals surface area contributed by atoms with Crippen LogP contribution in [-0.4, -0.2) is 27.9 Å². The Morgan fingerprint density at radius 2 is 1.92 bits per heavy atom. The molecule has 128 valence electrons. The van der Waals surface area contributed by atoms with E-state index in [0.717, 1.165) is 0 Å². The van der Waals surface area contributed by atoms with Crippen LogP contribution in [0, 0.1) is 6.92 Å². The van der Waals surface area contributed by atoms with E-state index in [9.17, 15) is 4.79 Å². The molecule has 1 aromatic carbocycles. The molecule has 1 aromatic heterocycles. The predicted molar refractivity (Wildman–Crippen MR) is 98.4 cm³/mol. The smallest absolute Gasteiger partial charge is 0.419 e. The molecule has 0 atom stereocenters. The number of carbonyl (C=O) groups excluding carboxylic acids is 1. The zero-order valence-electron chi connectivity index (χ0n) is 14.3. The lowest BCUT2D eigenvalue weighted by Crippen LogP contribution is -2.35. The Labute approximate surface area is 151 Å². The number of aryl methyl sites for hydroxylation is 1. The molecule has 0 radical (unpaired) electrons. The summed E-state index contributed by atoms with van der Waals surface area (Å²) in [6.45, 7) is 7.28. The number of hydrogen-bond donors (Lipinski definition) is 0. The van der Waals surface area contributed by atoms with Crippen LogP contribution in [0.25, 0.3) is 0 Å². The first-order valence-corrected chi connectivity index (χ1v) is 8.98. The third-order valence-electron chi connectivity index (χ3n) is 3.06. The third-order valence-corrected chi connectivity index (χ3v) is 4.06. The molecule has 2 rings (SSSR count). The highest BCUT2D eigenvalue weighted by atomic mass is 35.5. The summed E-state index contributed by atoms with van der Waals surface area (Å²) in [6, 6.07) is 7.12. The Kier molecular flexibility index (Phi) is 5.72. The van der Waals surface area contributed by atoms with E-state index in [4.69, 9.17) is 16.3 Å². The van der Waals surface area contributed by atoms with Crippen molar-refractivity contribution < 1.29 is 9.53 Å². The number of para-hydroxylation sites is 1. The van der Waals surface area contributed by atoms with E-state index in [1.807, 2.05) is 46.1 Å². The van der Waals surface area contributed by atoms with Crippen LogP contribution in [0.4, 0.5) is 16.2 Å². The summed E-state index contributed by atoms with van der Waals surface area (Å²) in [5.74, 6) is 0. The molecule has 0 spiro atoms. The number of aromatic nitrogens is 2. The fourth-order valence-corrected chi connectivity index (χ4v) is 2.91. The molecule has 0 saturated carbocycles. The van der Waals surface area contributed by atoms with Gasteiger partial charge in [-0.15, -0.1) is 11.8 Å². The SMILES string of the molecule is CSc1ncnc(C)c1N(C(=O)OC(C)(C)C)c1ccccc1Cl. The van der Waals surface area contributed by atoms with Gasteiger partial charge in [-0.25, -0.2) is 19.7 Å². The maximum atomic E-state index is 12.9. The Hall–Kier alpha value is -1.79. The summed E-state index contributed by atoms with van der Waals surface area (Å²) in [5, 5.41) is 1.12. The Morgan fingerprint density at radius 3 is 2.50 bits per heavy atom. The maximum Gasteiger partial charge on any atom is 0.419 e. The highest BCUT2D eigenvalue weighted by Crippen LogP contribution is 2.38. The van der Waals surface area contributed by atoms with E-state index in [2.05, 4.69) is 9.97 Å². The van der Waals surface area contributed by atoms with Gasteiger partial charge in [0.15, 0.2) is 0 Å². The average molecular weight is 366 g/mol. The highest BCUT2D eigenvalue weighted by Gasteiger charge is 2.30. The average Bonchev–Trinajstić information content (AvgIpc) is 2.49. The van der Waals surface area contributed by atoms with Gasteiger partial charge >= 0.3 is 6.09 Å². The van der Waals surface area contributed by atoms with Crippen LogP contribution in [-0.2, 0) is 4.74 Å². The molecule has 0 aliphatic rings. The number of amides is 1. The van der Waals surface area contributed by atoms with Gasteiger partial charge in [-0.05, 0) is 46.1 Å². The van der Waals surface area contributed by atoms with E-state index >= 15 is 0 Å². The number of carbonyl (C=O) groups is 1. The van der Waals surface area contributed by atoms with Gasteiger partial charge in [-0.3, -0.25) is 0 Å². The monoisotopic (exact) mass is 365 g/mol. The maximum absolute atomic E-state index is 12.9. The number of benzene rings is 1. The molecule has 2 aromatic rings. The largest absolute Gasteiger partial charge is 0.443 e. The second-order valence-corrected chi connectivity index (χ2v) is 7.29. The van der Waals surface area contributed by atoms with Crippen molar-refractivity contribution in [2.45, 2.75) is 38.3 Å². The van der Waals surface area contributed by atoms with E-state index < -0.39 is 11.7 Å². The number of hydrogen-bond acceptors (Lipinski definition) is 5. The molecule has 5 nitrogen and oxygen atoms in total. The summed E-state index contributed by atoms with van der Waals surface area (Å²) in [7, 11) is 0. The minimum atomic E-state index is -0.639. The van der Waals surface area contributed by atoms with Gasteiger partial charge in [0.05, 0.1) is 16.4 Å². The molecule has 0 bridgehead atoms. The number of ether oxygens (including phenoxy) is 1. The fraction of sp³-hybridized carbons (Fsp3) is 0.353. The summed E-state index contributed by atoms with van der Waals surface area (Å²) in [5.41, 5.74) is 1.13. The van der Waals surface area contributed by atoms with Crippen molar-refractivity contribution in [3.8, 4) is 0 Å². The number of thioether (sulfide) groups is 1. The zero-order valence-corrected chi connectivity index (χ0v) is 15.9. The van der Waals surface area contributed by atoms with Gasteiger partial charge in [0.1, 0.15) is 22.6 Å². The van der Waals surface area contributed by atoms with Gasteiger partial charge in [0.2, 0.25) is 0 Å². The van der Waals surface area contributed by atoms with Crippen LogP contribution in [0.2, 0.25) is 5.02 Å². The second-order valence-electron chi connectivity index (χ2n) is 6.08. The highest BCUT2D eigenvalue weighted by molar-refractivity contribution is 7.98. The lowest BCUT2D eigenvalue weighted by atomic mass is 10.2. The first kappa shape index (κ1) is 18.5. The molecule has 0 fully saturated rings. The minimum Gasteiger partial charge on any atom is -0.443 e. The van der Waals surface area contributed by atoms with Crippen molar-refractivity contribution >= 4 is 40.8 Å². The van der Waals surface area contributed by atoms with Crippen molar-refractivity contribution in [1.29, 1.82) is 0 Å². The zero-order chi connectivity index (χ0) is 17.9. The molecule has 0 aliphatic heterocycles. The first-order chi connectivity index (χ1) is 11.2. The first-order valence-electron chi connectivity index (χ1n) is 7.38. The van der Waals surface area contributed by atoms with Crippen molar-refractivity contribution in [3.63, 3.8) is 0 Å². The molecule has 1 amide bonds. The van der Waals surface area contributed by atoms with Gasteiger partial charge in [-0.2, -0.15) is 0 Å². The second kappa shape index (κ2) is 7.40. The fourth-order valence-electron chi connectivity index (χ4n) is 2.10. The molecule has 1 heterocycles. The molecule has 0 saturated heterocycles. The standard InChI is InChI=1S/C17H20ClN3O2S/c1-11-14(15(24-5)20-10-19-11)21(16(22)23-17(2,3)4)13-9-7-6-8-12(13)18/h6-10H,1-5H3. The topological polar surface area (TPSA) is 55.3 Å². The van der Waals surface area contributed by atoms with E-state index in [1.54, 1.807) is 12.1 Å². The molecular weight excluding hydrogens is 346 g/mol. The lowest BCUT2D eigenvalue weighted by Gasteiger charge is -2.29. The van der Waals surface area contributed by atoms with Gasteiger partial charge in [0.25, 0.3) is 0 Å². The number of nitrogens with zero attached hydrogens (tertiary/aromatic N) is 3. The van der Waals surface area contributed by atoms with Crippen LogP contribution < -0.4 is 4.90 Å². The molecule has 0 N–H and O–H groups in total. The van der Waals surface area contributed by atoms with E-state index in [1.165, 1.54) is 23.0 Å². The van der Waals surface area contributed by atoms with E-state index in [0.29, 0.717) is 27.1 Å². The lowest BCUT2D eigenvalue weighted by molar-refractivity contribution is 0.0598. The van der Waals surface area contributed by atoms with E-state index in [-0.39, 0.29) is 0 Å². The van der Waals surface area contributed by atoms with Gasteiger partial charge < -0.3 is 4.74 Å². The quantitative estimate of drug-likeness (QED) is 0.550. The number of anilines is 2. The van der Waals surface area contributed by atoms with Crippen molar-refractivity contribution in [2.75, 3.05) is 11.2 Å². The molecule has 0 unspecified atom stereocenters. The minimum absolute atomic E-state index is 0.443. The Morgan fingerprint density at radius 1 is 1.25 bits per heavy atom. The molecule has 24 heavy (non-hydrogen) atoms. The third kappa shape index (κ3) is 4.19. The summed E-state index contributed by atoms with van der Waals surface area (Å²) < 4.78 is 5.58. The number of rotatable bonds is 3. The normalized spacial score (nSPS) is 11.2. The van der Waals surface area contributed by atoms with Crippen molar-refractivity contribution in [1.82, 2.24) is 9.97 Å². The summed E-state index contributed by atoms with van der Waals surface area (Å²) in [4.78, 5) is 22.8. The summed E-state index contributed by atoms with van der Waals surface area (Å²) >= 11 is 7.77. The Balaban J connectivity index is 2.65. The predicted octanol–water partition coefficient (Wildman–Crippen LogP) is 5.23. The molecule has 7 heteroatoms. The Bertz CT molecular complexity index is 747. The van der Waals surface area contributed by atoms with Crippen LogP contribution >= 0.6 is 23.4 Å². The van der Waals surface area contributed by atoms with Crippen molar-refractivity contribution in [2.24, 2.45) is 0 Å². The van der Waals surface area contributed by atoms with Crippen molar-refractivity contribution in [3.05, 3.63) is 41.3 Å². The molecular formula is C17H20ClN3O2S. The molecule has 0 aliphatic carbocycles. The van der Waals surface area contributed by atoms with Gasteiger partial charge in [0, 0.05) is 0 Å². The van der Waals surface area contributed by atoms with Crippen LogP contribution in [0.1, 0.15) is 26.5 Å². The van der Waals surface area contributed by atoms with Crippen LogP contribution in [0.5, 0.6) is 0 Å². The van der Waals surface area contributed by atoms with Crippen LogP contribution in [0.15, 0.2) is 35.6 Å². The van der Waals surface area contributed by atoms with Crippen LogP contribution in [0.3, 0.4) is 0 Å². The summed E-state index contributed by atoms with van der Waals surface area (Å²) in [6.07, 6.45) is 2.85. The number of halogens is 1. The van der Waals surface area contributed by atoms with Gasteiger partial charge in [-0.1, -0.05) is 23.7 Å².